The van der Waals surface area contributed by atoms with E-state index in [0.717, 1.165) is 0 Å². The number of rotatable bonds is 0. The average Bonchev–Trinajstić information content (AvgIpc) is 0. The van der Waals surface area contributed by atoms with Gasteiger partial charge in [0.25, 0.3) is 0 Å². The Kier molecular flexibility index (Phi) is 503. The summed E-state index contributed by atoms with van der Waals surface area (Å²) in [5.41, 5.74) is 0. The van der Waals surface area contributed by atoms with Crippen LogP contribution in [0.2, 0.25) is 0 Å². The van der Waals surface area contributed by atoms with Crippen molar-refractivity contribution in [3.63, 3.8) is 0 Å². The van der Waals surface area contributed by atoms with Crippen molar-refractivity contribution >= 4 is 102 Å². The first-order chi connectivity index (χ1) is 0. The maximum atomic E-state index is 0. The van der Waals surface area contributed by atoms with Gasteiger partial charge in [0.05, 0.1) is 0 Å². The Hall–Kier alpha value is 6.84. The van der Waals surface area contributed by atoms with Crippen molar-refractivity contribution in [1.82, 2.24) is 0 Å². The molecule has 0 saturated heterocycles. The molecule has 0 aromatic rings. The van der Waals surface area contributed by atoms with Crippen molar-refractivity contribution in [2.45, 2.75) is 0 Å². The Balaban J connectivity index is 0. The second-order valence-electron chi connectivity index (χ2n) is 0. The predicted octanol–water partition coefficient (Wildman–Crippen LogP) is -2.53. The molecule has 0 saturated carbocycles. The van der Waals surface area contributed by atoms with Gasteiger partial charge in [-0.1, -0.05) is 0 Å². The fourth-order valence-corrected chi connectivity index (χ4v) is 0. The van der Waals surface area contributed by atoms with Crippen LogP contribution < -0.4 is 103 Å². The molecule has 9 heavy (non-hydrogen) atoms. The third kappa shape index (κ3) is 52.3. The number of hydrogen-bond donors (Lipinski definition) is 0. The third-order valence-corrected chi connectivity index (χ3v) is 0. The van der Waals surface area contributed by atoms with E-state index in [-0.39, 0.29) is 226 Å². The van der Waals surface area contributed by atoms with E-state index >= 15 is 0 Å². The molecular formula is H6Br6K2Pt+2. The Bertz CT molecular complexity index is 11.0. The minimum absolute atomic E-state index is 0. The summed E-state index contributed by atoms with van der Waals surface area (Å²) in [5.74, 6) is 0. The normalized spacial score (nSPS) is 0. The first-order valence-corrected chi connectivity index (χ1v) is 0. The number of hydrogen-bond acceptors (Lipinski definition) is 0. The molecule has 0 heterocycles. The first kappa shape index (κ1) is 74.6. The Labute approximate surface area is 219 Å². The van der Waals surface area contributed by atoms with Crippen LogP contribution in [-0.4, -0.2) is 0 Å². The largest absolute Gasteiger partial charge is 1.00 e. The molecule has 0 atom stereocenters. The van der Waals surface area contributed by atoms with Gasteiger partial charge in [-0.05, 0) is 0 Å². The van der Waals surface area contributed by atoms with Gasteiger partial charge in [0.1, 0.15) is 0 Å². The second kappa shape index (κ2) is 60.8. The van der Waals surface area contributed by atoms with Crippen molar-refractivity contribution in [1.29, 1.82) is 0 Å². The molecule has 0 aliphatic heterocycles. The molecule has 0 amide bonds. The van der Waals surface area contributed by atoms with Crippen molar-refractivity contribution < 1.29 is 124 Å². The molecule has 0 aromatic carbocycles. The van der Waals surface area contributed by atoms with Gasteiger partial charge in [-0.3, -0.25) is 0 Å². The first-order valence-electron chi connectivity index (χ1n) is 0. The summed E-state index contributed by atoms with van der Waals surface area (Å²) in [4.78, 5) is 0. The van der Waals surface area contributed by atoms with Gasteiger partial charge in [0, 0.05) is 21.1 Å². The smallest absolute Gasteiger partial charge is 0.114 e. The molecule has 0 radical (unpaired) electrons. The van der Waals surface area contributed by atoms with E-state index in [4.69, 9.17) is 0 Å². The second-order valence-corrected chi connectivity index (χ2v) is 0. The van der Waals surface area contributed by atoms with Crippen molar-refractivity contribution in [2.75, 3.05) is 0 Å². The van der Waals surface area contributed by atoms with E-state index in [1.807, 2.05) is 0 Å². The summed E-state index contributed by atoms with van der Waals surface area (Å²) in [6.45, 7) is 0. The molecular weight excluding hydrogens is 753 g/mol. The zero-order valence-corrected chi connectivity index (χ0v) is 23.6. The van der Waals surface area contributed by atoms with Gasteiger partial charge in [0.15, 0.2) is 0 Å². The fourth-order valence-electron chi connectivity index (χ4n) is 0. The minimum atomic E-state index is 0. The number of halogens is 6. The summed E-state index contributed by atoms with van der Waals surface area (Å²) in [5, 5.41) is 0. The molecule has 0 nitrogen and oxygen atoms in total. The van der Waals surface area contributed by atoms with E-state index in [1.165, 1.54) is 0 Å². The summed E-state index contributed by atoms with van der Waals surface area (Å²) in [6, 6.07) is 0. The van der Waals surface area contributed by atoms with Crippen LogP contribution in [0.15, 0.2) is 0 Å². The van der Waals surface area contributed by atoms with Crippen molar-refractivity contribution in [3.05, 3.63) is 0 Å². The Morgan fingerprint density at radius 3 is 0.333 bits per heavy atom. The molecule has 0 rings (SSSR count). The molecule has 0 spiro atoms. The molecule has 0 aliphatic carbocycles. The molecule has 58 valence electrons. The van der Waals surface area contributed by atoms with Crippen molar-refractivity contribution in [2.24, 2.45) is 0 Å². The third-order valence-electron chi connectivity index (χ3n) is 0. The standard InChI is InChI=1S/6BrH.2K.Pt/h6*1H;;;/q;;;;;;2*+1;. The summed E-state index contributed by atoms with van der Waals surface area (Å²) in [7, 11) is 0. The van der Waals surface area contributed by atoms with Crippen LogP contribution in [0, 0.1) is 0 Å². The van der Waals surface area contributed by atoms with E-state index in [2.05, 4.69) is 0 Å². The maximum Gasteiger partial charge on any atom is 1.00 e. The van der Waals surface area contributed by atoms with Crippen LogP contribution in [0.1, 0.15) is 0 Å². The van der Waals surface area contributed by atoms with Crippen LogP contribution in [0.4, 0.5) is 0 Å². The van der Waals surface area contributed by atoms with E-state index < -0.39 is 0 Å². The topological polar surface area (TPSA) is 0 Å². The Morgan fingerprint density at radius 2 is 0.333 bits per heavy atom. The molecule has 0 aliphatic rings. The van der Waals surface area contributed by atoms with E-state index in [0.29, 0.717) is 0 Å². The molecule has 0 N–H and O–H groups in total. The van der Waals surface area contributed by atoms with Crippen LogP contribution in [-0.2, 0) is 21.1 Å². The predicted molar refractivity (Wildman–Crippen MR) is 61.9 cm³/mol. The Morgan fingerprint density at radius 1 is 0.333 bits per heavy atom. The van der Waals surface area contributed by atoms with Gasteiger partial charge < -0.3 is 0 Å². The SMILES string of the molecule is Br.Br.Br.Br.Br.Br.[K+].[K+].[Pt]. The molecule has 0 fully saturated rings. The van der Waals surface area contributed by atoms with Gasteiger partial charge in [-0.2, -0.15) is 0 Å². The van der Waals surface area contributed by atoms with Gasteiger partial charge in [0.2, 0.25) is 0 Å². The van der Waals surface area contributed by atoms with Gasteiger partial charge >= 0.3 is 103 Å². The maximum absolute atomic E-state index is 0. The quantitative estimate of drug-likeness (QED) is 0.240. The summed E-state index contributed by atoms with van der Waals surface area (Å²) >= 11 is 0. The van der Waals surface area contributed by atoms with Gasteiger partial charge in [-0.15, -0.1) is 102 Å². The summed E-state index contributed by atoms with van der Waals surface area (Å²) in [6.07, 6.45) is 0. The van der Waals surface area contributed by atoms with Crippen LogP contribution in [0.5, 0.6) is 0 Å². The summed E-state index contributed by atoms with van der Waals surface area (Å²) < 4.78 is 0. The van der Waals surface area contributed by atoms with Crippen LogP contribution in [0.25, 0.3) is 0 Å². The molecule has 0 aromatic heterocycles. The minimum Gasteiger partial charge on any atom is -0.114 e. The van der Waals surface area contributed by atoms with Gasteiger partial charge in [-0.25, -0.2) is 0 Å². The molecule has 0 unspecified atom stereocenters. The molecule has 0 bridgehead atoms. The average molecular weight is 759 g/mol. The van der Waals surface area contributed by atoms with Crippen LogP contribution in [0.3, 0.4) is 0 Å². The monoisotopic (exact) mass is 752 g/mol. The zero-order valence-electron chi connectivity index (χ0n) is 4.77. The van der Waals surface area contributed by atoms with Crippen LogP contribution >= 0.6 is 102 Å². The fraction of sp³-hybridized carbons (Fsp3) is 0. The zero-order chi connectivity index (χ0) is 0. The van der Waals surface area contributed by atoms with E-state index in [1.54, 1.807) is 0 Å². The van der Waals surface area contributed by atoms with E-state index in [9.17, 15) is 0 Å². The molecule has 9 heteroatoms. The van der Waals surface area contributed by atoms with Crippen molar-refractivity contribution in [3.8, 4) is 0 Å².